The van der Waals surface area contributed by atoms with Gasteiger partial charge in [-0.25, -0.2) is 14.8 Å². The number of nitrogens with zero attached hydrogens (tertiary/aromatic N) is 2. The molecule has 0 aromatic carbocycles. The SMILES string of the molecule is CCc1cnc(C(C)NC(=O)c2nc(C(=O)O)cs2)s1. The molecule has 8 heteroatoms. The van der Waals surface area contributed by atoms with Crippen molar-refractivity contribution in [3.05, 3.63) is 32.2 Å². The summed E-state index contributed by atoms with van der Waals surface area (Å²) in [4.78, 5) is 31.9. The fourth-order valence-electron chi connectivity index (χ4n) is 1.48. The lowest BCUT2D eigenvalue weighted by Gasteiger charge is -2.09. The third-order valence-electron chi connectivity index (χ3n) is 2.56. The molecule has 0 saturated heterocycles. The van der Waals surface area contributed by atoms with Gasteiger partial charge in [-0.05, 0) is 13.3 Å². The van der Waals surface area contributed by atoms with Crippen LogP contribution in [0.5, 0.6) is 0 Å². The Balaban J connectivity index is 2.04. The fourth-order valence-corrected chi connectivity index (χ4v) is 3.04. The summed E-state index contributed by atoms with van der Waals surface area (Å²) in [6, 6.07) is -0.232. The number of thiazole rings is 2. The third-order valence-corrected chi connectivity index (χ3v) is 4.72. The van der Waals surface area contributed by atoms with E-state index in [1.165, 1.54) is 5.38 Å². The molecule has 0 aliphatic carbocycles. The van der Waals surface area contributed by atoms with Gasteiger partial charge in [0.05, 0.1) is 6.04 Å². The molecule has 1 amide bonds. The maximum Gasteiger partial charge on any atom is 0.355 e. The van der Waals surface area contributed by atoms with E-state index in [0.29, 0.717) is 0 Å². The Kier molecular flexibility index (Phi) is 4.46. The third kappa shape index (κ3) is 3.20. The summed E-state index contributed by atoms with van der Waals surface area (Å²) < 4.78 is 0. The number of carboxylic acids is 1. The maximum absolute atomic E-state index is 12.0. The molecule has 0 radical (unpaired) electrons. The number of nitrogens with one attached hydrogen (secondary N) is 1. The first-order valence-corrected chi connectivity index (χ1v) is 7.65. The van der Waals surface area contributed by atoms with Crippen LogP contribution in [0.4, 0.5) is 0 Å². The summed E-state index contributed by atoms with van der Waals surface area (Å²) in [5.74, 6) is -1.52. The summed E-state index contributed by atoms with van der Waals surface area (Å²) in [6.07, 6.45) is 2.71. The average Bonchev–Trinajstić information content (AvgIpc) is 3.07. The number of carboxylic acid groups (broad SMARTS) is 1. The summed E-state index contributed by atoms with van der Waals surface area (Å²) in [6.45, 7) is 3.88. The van der Waals surface area contributed by atoms with Crippen molar-refractivity contribution in [3.63, 3.8) is 0 Å². The van der Waals surface area contributed by atoms with E-state index >= 15 is 0 Å². The number of rotatable bonds is 5. The van der Waals surface area contributed by atoms with E-state index in [4.69, 9.17) is 5.11 Å². The first-order chi connectivity index (χ1) is 9.51. The molecule has 2 aromatic heterocycles. The van der Waals surface area contributed by atoms with Crippen molar-refractivity contribution in [2.24, 2.45) is 0 Å². The largest absolute Gasteiger partial charge is 0.476 e. The molecule has 2 rings (SSSR count). The van der Waals surface area contributed by atoms with Gasteiger partial charge in [-0.2, -0.15) is 0 Å². The Morgan fingerprint density at radius 2 is 2.25 bits per heavy atom. The van der Waals surface area contributed by atoms with E-state index in [-0.39, 0.29) is 22.7 Å². The molecular formula is C12H13N3O3S2. The van der Waals surface area contributed by atoms with Gasteiger partial charge < -0.3 is 10.4 Å². The van der Waals surface area contributed by atoms with Gasteiger partial charge in [0.1, 0.15) is 5.01 Å². The molecule has 0 bridgehead atoms. The number of aryl methyl sites for hydroxylation is 1. The lowest BCUT2D eigenvalue weighted by molar-refractivity contribution is 0.0691. The first-order valence-electron chi connectivity index (χ1n) is 5.95. The van der Waals surface area contributed by atoms with Crippen molar-refractivity contribution in [2.75, 3.05) is 0 Å². The quantitative estimate of drug-likeness (QED) is 0.884. The molecular weight excluding hydrogens is 298 g/mol. The zero-order valence-electron chi connectivity index (χ0n) is 10.9. The van der Waals surface area contributed by atoms with Crippen molar-refractivity contribution >= 4 is 34.6 Å². The number of amides is 1. The topological polar surface area (TPSA) is 92.2 Å². The highest BCUT2D eigenvalue weighted by Crippen LogP contribution is 2.21. The molecule has 106 valence electrons. The van der Waals surface area contributed by atoms with E-state index < -0.39 is 5.97 Å². The Hall–Kier alpha value is -1.80. The predicted octanol–water partition coefficient (Wildman–Crippen LogP) is 2.35. The Morgan fingerprint density at radius 3 is 2.80 bits per heavy atom. The van der Waals surface area contributed by atoms with Gasteiger partial charge in [0, 0.05) is 16.5 Å². The molecule has 20 heavy (non-hydrogen) atoms. The molecule has 2 aromatic rings. The van der Waals surface area contributed by atoms with Crippen molar-refractivity contribution < 1.29 is 14.7 Å². The van der Waals surface area contributed by atoms with Crippen LogP contribution < -0.4 is 5.32 Å². The molecule has 2 N–H and O–H groups in total. The fraction of sp³-hybridized carbons (Fsp3) is 0.333. The van der Waals surface area contributed by atoms with Crippen molar-refractivity contribution in [1.82, 2.24) is 15.3 Å². The molecule has 0 aliphatic heterocycles. The van der Waals surface area contributed by atoms with Gasteiger partial charge in [-0.15, -0.1) is 22.7 Å². The van der Waals surface area contributed by atoms with Gasteiger partial charge in [0.25, 0.3) is 5.91 Å². The predicted molar refractivity (Wildman–Crippen MR) is 76.4 cm³/mol. The Labute approximate surface area is 123 Å². The highest BCUT2D eigenvalue weighted by molar-refractivity contribution is 7.12. The summed E-state index contributed by atoms with van der Waals surface area (Å²) in [7, 11) is 0. The molecule has 1 unspecified atom stereocenters. The van der Waals surface area contributed by atoms with E-state index in [9.17, 15) is 9.59 Å². The zero-order valence-corrected chi connectivity index (χ0v) is 12.5. The van der Waals surface area contributed by atoms with Gasteiger partial charge in [-0.1, -0.05) is 6.92 Å². The van der Waals surface area contributed by atoms with Crippen LogP contribution in [-0.2, 0) is 6.42 Å². The number of aromatic nitrogens is 2. The van der Waals surface area contributed by atoms with Crippen LogP contribution in [0.1, 0.15) is 50.1 Å². The van der Waals surface area contributed by atoms with Crippen LogP contribution in [0, 0.1) is 0 Å². The van der Waals surface area contributed by atoms with Crippen molar-refractivity contribution in [3.8, 4) is 0 Å². The Morgan fingerprint density at radius 1 is 1.50 bits per heavy atom. The molecule has 0 spiro atoms. The van der Waals surface area contributed by atoms with E-state index in [1.54, 1.807) is 17.5 Å². The molecule has 2 heterocycles. The van der Waals surface area contributed by atoms with Gasteiger partial charge in [0.15, 0.2) is 10.7 Å². The second-order valence-electron chi connectivity index (χ2n) is 4.06. The van der Waals surface area contributed by atoms with E-state index in [0.717, 1.165) is 27.6 Å². The van der Waals surface area contributed by atoms with Crippen LogP contribution in [0.3, 0.4) is 0 Å². The van der Waals surface area contributed by atoms with Crippen molar-refractivity contribution in [2.45, 2.75) is 26.3 Å². The smallest absolute Gasteiger partial charge is 0.355 e. The van der Waals surface area contributed by atoms with Crippen LogP contribution in [0.2, 0.25) is 0 Å². The van der Waals surface area contributed by atoms with Crippen LogP contribution in [0.25, 0.3) is 0 Å². The lowest BCUT2D eigenvalue weighted by Crippen LogP contribution is -2.26. The number of aromatic carboxylic acids is 1. The van der Waals surface area contributed by atoms with E-state index in [2.05, 4.69) is 15.3 Å². The lowest BCUT2D eigenvalue weighted by atomic mass is 10.3. The second-order valence-corrected chi connectivity index (χ2v) is 6.06. The van der Waals surface area contributed by atoms with Gasteiger partial charge in [-0.3, -0.25) is 4.79 Å². The molecule has 0 fully saturated rings. The Bertz CT molecular complexity index is 635. The molecule has 1 atom stereocenters. The highest BCUT2D eigenvalue weighted by Gasteiger charge is 2.18. The minimum atomic E-state index is -1.14. The summed E-state index contributed by atoms with van der Waals surface area (Å²) in [5, 5.41) is 13.9. The van der Waals surface area contributed by atoms with Crippen molar-refractivity contribution in [1.29, 1.82) is 0 Å². The zero-order chi connectivity index (χ0) is 14.7. The average molecular weight is 311 g/mol. The summed E-state index contributed by atoms with van der Waals surface area (Å²) in [5.41, 5.74) is -0.115. The van der Waals surface area contributed by atoms with Gasteiger partial charge >= 0.3 is 5.97 Å². The normalized spacial score (nSPS) is 12.1. The second kappa shape index (κ2) is 6.10. The highest BCUT2D eigenvalue weighted by atomic mass is 32.1. The number of carbonyl (C=O) groups excluding carboxylic acids is 1. The van der Waals surface area contributed by atoms with Crippen LogP contribution >= 0.6 is 22.7 Å². The number of hydrogen-bond donors (Lipinski definition) is 2. The monoisotopic (exact) mass is 311 g/mol. The number of hydrogen-bond acceptors (Lipinski definition) is 6. The minimum absolute atomic E-state index is 0.115. The molecule has 0 aliphatic rings. The van der Waals surface area contributed by atoms with E-state index in [1.807, 2.05) is 13.8 Å². The summed E-state index contributed by atoms with van der Waals surface area (Å²) >= 11 is 2.56. The van der Waals surface area contributed by atoms with Crippen LogP contribution in [0.15, 0.2) is 11.6 Å². The number of carbonyl (C=O) groups is 2. The van der Waals surface area contributed by atoms with Gasteiger partial charge in [0.2, 0.25) is 0 Å². The first kappa shape index (κ1) is 14.6. The van der Waals surface area contributed by atoms with Crippen LogP contribution in [-0.4, -0.2) is 27.0 Å². The molecule has 0 saturated carbocycles. The molecule has 6 nitrogen and oxygen atoms in total. The minimum Gasteiger partial charge on any atom is -0.476 e. The standard InChI is InChI=1S/C12H13N3O3S2/c1-3-7-4-13-10(20-7)6(2)14-9(16)11-15-8(5-19-11)12(17)18/h4-6H,3H2,1-2H3,(H,14,16)(H,17,18). The maximum atomic E-state index is 12.0.